The highest BCUT2D eigenvalue weighted by molar-refractivity contribution is 5.93. The average molecular weight is 266 g/mol. The number of aromatic nitrogens is 1. The fourth-order valence-corrected chi connectivity index (χ4v) is 2.27. The Hall–Kier alpha value is -1.98. The van der Waals surface area contributed by atoms with Gasteiger partial charge in [-0.25, -0.2) is 4.98 Å². The van der Waals surface area contributed by atoms with Crippen LogP contribution >= 0.6 is 0 Å². The monoisotopic (exact) mass is 266 g/mol. The van der Waals surface area contributed by atoms with E-state index in [0.717, 1.165) is 6.07 Å². The molecule has 0 aromatic carbocycles. The van der Waals surface area contributed by atoms with Crippen LogP contribution in [-0.4, -0.2) is 40.0 Å². The van der Waals surface area contributed by atoms with Crippen molar-refractivity contribution >= 4 is 11.9 Å². The molecule has 0 spiro atoms. The Labute approximate surface area is 110 Å². The van der Waals surface area contributed by atoms with Crippen molar-refractivity contribution in [2.45, 2.75) is 19.3 Å². The van der Waals surface area contributed by atoms with E-state index in [9.17, 15) is 14.0 Å². The quantitative estimate of drug-likeness (QED) is 0.843. The number of carbonyl (C=O) groups is 2. The third-order valence-corrected chi connectivity index (χ3v) is 3.34. The second kappa shape index (κ2) is 5.77. The van der Waals surface area contributed by atoms with Crippen LogP contribution < -0.4 is 0 Å². The van der Waals surface area contributed by atoms with Gasteiger partial charge in [0.15, 0.2) is 0 Å². The number of carboxylic acid groups (broad SMARTS) is 1. The van der Waals surface area contributed by atoms with E-state index in [0.29, 0.717) is 31.5 Å². The number of pyridine rings is 1. The number of hydrogen-bond donors (Lipinski definition) is 1. The lowest BCUT2D eigenvalue weighted by molar-refractivity contribution is -0.138. The SMILES string of the molecule is O=C(O)CC1CCN(C(=O)c2ccc(F)nc2)CC1. The molecule has 6 heteroatoms. The Morgan fingerprint density at radius 3 is 2.58 bits per heavy atom. The van der Waals surface area contributed by atoms with E-state index in [-0.39, 0.29) is 18.2 Å². The van der Waals surface area contributed by atoms with Gasteiger partial charge >= 0.3 is 5.97 Å². The number of carboxylic acids is 1. The maximum atomic E-state index is 12.7. The summed E-state index contributed by atoms with van der Waals surface area (Å²) in [5.74, 6) is -1.46. The summed E-state index contributed by atoms with van der Waals surface area (Å²) in [6.45, 7) is 1.07. The van der Waals surface area contributed by atoms with E-state index in [1.165, 1.54) is 12.3 Å². The first-order chi connectivity index (χ1) is 9.06. The summed E-state index contributed by atoms with van der Waals surface area (Å²) < 4.78 is 12.7. The minimum atomic E-state index is -0.799. The number of aliphatic carboxylic acids is 1. The predicted octanol–water partition coefficient (Wildman–Crippen LogP) is 1.55. The molecule has 0 radical (unpaired) electrons. The number of amides is 1. The minimum Gasteiger partial charge on any atom is -0.481 e. The molecule has 1 N–H and O–H groups in total. The largest absolute Gasteiger partial charge is 0.481 e. The van der Waals surface area contributed by atoms with Crippen LogP contribution in [0.2, 0.25) is 0 Å². The van der Waals surface area contributed by atoms with E-state index >= 15 is 0 Å². The second-order valence-electron chi connectivity index (χ2n) is 4.70. The minimum absolute atomic E-state index is 0.132. The third kappa shape index (κ3) is 3.49. The molecule has 1 aliphatic rings. The average Bonchev–Trinajstić information content (AvgIpc) is 2.39. The van der Waals surface area contributed by atoms with E-state index < -0.39 is 11.9 Å². The van der Waals surface area contributed by atoms with E-state index in [4.69, 9.17) is 5.11 Å². The highest BCUT2D eigenvalue weighted by atomic mass is 19.1. The number of carbonyl (C=O) groups excluding carboxylic acids is 1. The van der Waals surface area contributed by atoms with Crippen LogP contribution in [0.5, 0.6) is 0 Å². The Kier molecular flexibility index (Phi) is 4.09. The topological polar surface area (TPSA) is 70.5 Å². The molecule has 0 unspecified atom stereocenters. The Morgan fingerprint density at radius 1 is 1.37 bits per heavy atom. The Bertz CT molecular complexity index is 467. The number of piperidine rings is 1. The van der Waals surface area contributed by atoms with Crippen molar-refractivity contribution in [2.24, 2.45) is 5.92 Å². The molecule has 1 aliphatic heterocycles. The zero-order valence-electron chi connectivity index (χ0n) is 10.4. The molecule has 102 valence electrons. The van der Waals surface area contributed by atoms with Gasteiger partial charge in [-0.15, -0.1) is 0 Å². The number of halogens is 1. The van der Waals surface area contributed by atoms with E-state index in [2.05, 4.69) is 4.98 Å². The second-order valence-corrected chi connectivity index (χ2v) is 4.70. The first kappa shape index (κ1) is 13.5. The molecule has 1 aromatic heterocycles. The van der Waals surface area contributed by atoms with Crippen molar-refractivity contribution in [1.29, 1.82) is 0 Å². The van der Waals surface area contributed by atoms with Gasteiger partial charge in [-0.05, 0) is 30.9 Å². The summed E-state index contributed by atoms with van der Waals surface area (Å²) in [6.07, 6.45) is 2.75. The van der Waals surface area contributed by atoms with Crippen LogP contribution in [0.3, 0.4) is 0 Å². The summed E-state index contributed by atoms with van der Waals surface area (Å²) in [5.41, 5.74) is 0.359. The standard InChI is InChI=1S/C13H15FN2O3/c14-11-2-1-10(8-15-11)13(19)16-5-3-9(4-6-16)7-12(17)18/h1-2,8-9H,3-7H2,(H,17,18). The molecular formula is C13H15FN2O3. The van der Waals surface area contributed by atoms with Crippen LogP contribution in [0.4, 0.5) is 4.39 Å². The van der Waals surface area contributed by atoms with E-state index in [1.54, 1.807) is 4.90 Å². The van der Waals surface area contributed by atoms with Gasteiger partial charge in [0.2, 0.25) is 5.95 Å². The summed E-state index contributed by atoms with van der Waals surface area (Å²) in [5, 5.41) is 8.72. The molecule has 1 aromatic rings. The fraction of sp³-hybridized carbons (Fsp3) is 0.462. The normalized spacial score (nSPS) is 16.4. The third-order valence-electron chi connectivity index (χ3n) is 3.34. The molecule has 1 fully saturated rings. The lowest BCUT2D eigenvalue weighted by atomic mass is 9.93. The number of rotatable bonds is 3. The number of nitrogens with zero attached hydrogens (tertiary/aromatic N) is 2. The van der Waals surface area contributed by atoms with Crippen LogP contribution in [0.1, 0.15) is 29.6 Å². The summed E-state index contributed by atoms with van der Waals surface area (Å²) >= 11 is 0. The van der Waals surface area contributed by atoms with Crippen molar-refractivity contribution in [3.05, 3.63) is 29.8 Å². The van der Waals surface area contributed by atoms with Gasteiger partial charge in [0.05, 0.1) is 5.56 Å². The Morgan fingerprint density at radius 2 is 2.05 bits per heavy atom. The molecule has 5 nitrogen and oxygen atoms in total. The molecule has 0 bridgehead atoms. The first-order valence-corrected chi connectivity index (χ1v) is 6.19. The maximum Gasteiger partial charge on any atom is 0.303 e. The maximum absolute atomic E-state index is 12.7. The summed E-state index contributed by atoms with van der Waals surface area (Å²) in [6, 6.07) is 2.57. The van der Waals surface area contributed by atoms with Crippen molar-refractivity contribution in [3.63, 3.8) is 0 Å². The molecule has 0 atom stereocenters. The molecule has 1 amide bonds. The van der Waals surface area contributed by atoms with Crippen molar-refractivity contribution < 1.29 is 19.1 Å². The molecule has 0 saturated carbocycles. The molecule has 0 aliphatic carbocycles. The molecular weight excluding hydrogens is 251 g/mol. The molecule has 2 heterocycles. The molecule has 19 heavy (non-hydrogen) atoms. The van der Waals surface area contributed by atoms with Crippen LogP contribution in [0, 0.1) is 11.9 Å². The summed E-state index contributed by atoms with van der Waals surface area (Å²) in [4.78, 5) is 27.8. The zero-order chi connectivity index (χ0) is 13.8. The summed E-state index contributed by atoms with van der Waals surface area (Å²) in [7, 11) is 0. The lowest BCUT2D eigenvalue weighted by Gasteiger charge is -2.31. The highest BCUT2D eigenvalue weighted by Crippen LogP contribution is 2.21. The van der Waals surface area contributed by atoms with E-state index in [1.807, 2.05) is 0 Å². The van der Waals surface area contributed by atoms with Gasteiger partial charge in [0.25, 0.3) is 5.91 Å². The molecule has 1 saturated heterocycles. The van der Waals surface area contributed by atoms with Gasteiger partial charge < -0.3 is 10.0 Å². The van der Waals surface area contributed by atoms with Gasteiger partial charge in [-0.3, -0.25) is 9.59 Å². The smallest absolute Gasteiger partial charge is 0.303 e. The van der Waals surface area contributed by atoms with Crippen molar-refractivity contribution in [2.75, 3.05) is 13.1 Å². The number of hydrogen-bond acceptors (Lipinski definition) is 3. The lowest BCUT2D eigenvalue weighted by Crippen LogP contribution is -2.38. The first-order valence-electron chi connectivity index (χ1n) is 6.19. The number of likely N-dealkylation sites (tertiary alicyclic amines) is 1. The predicted molar refractivity (Wildman–Crippen MR) is 65.1 cm³/mol. The van der Waals surface area contributed by atoms with Crippen molar-refractivity contribution in [1.82, 2.24) is 9.88 Å². The van der Waals surface area contributed by atoms with Crippen LogP contribution in [0.15, 0.2) is 18.3 Å². The fourth-order valence-electron chi connectivity index (χ4n) is 2.27. The van der Waals surface area contributed by atoms with Gasteiger partial charge in [-0.1, -0.05) is 0 Å². The van der Waals surface area contributed by atoms with Crippen molar-refractivity contribution in [3.8, 4) is 0 Å². The van der Waals surface area contributed by atoms with Gasteiger partial charge in [0.1, 0.15) is 0 Å². The van der Waals surface area contributed by atoms with Crippen LogP contribution in [-0.2, 0) is 4.79 Å². The van der Waals surface area contributed by atoms with Crippen LogP contribution in [0.25, 0.3) is 0 Å². The zero-order valence-corrected chi connectivity index (χ0v) is 10.4. The van der Waals surface area contributed by atoms with Gasteiger partial charge in [-0.2, -0.15) is 4.39 Å². The highest BCUT2D eigenvalue weighted by Gasteiger charge is 2.25. The molecule has 2 rings (SSSR count). The van der Waals surface area contributed by atoms with Gasteiger partial charge in [0, 0.05) is 25.7 Å². The Balaban J connectivity index is 1.92.